The minimum Gasteiger partial charge on any atom is -0.480 e. The molecule has 2 atom stereocenters. The van der Waals surface area contributed by atoms with Crippen molar-refractivity contribution in [3.63, 3.8) is 0 Å². The van der Waals surface area contributed by atoms with Crippen LogP contribution in [0.1, 0.15) is 25.8 Å². The smallest absolute Gasteiger partial charge is 0.322 e. The van der Waals surface area contributed by atoms with Crippen LogP contribution >= 0.6 is 0 Å². The second-order valence-electron chi connectivity index (χ2n) is 4.86. The maximum Gasteiger partial charge on any atom is 0.322 e. The third-order valence-corrected chi connectivity index (χ3v) is 5.46. The Balaban J connectivity index is 2.92. The standard InChI is InChI=1S/C14H20O4S/c1-3-11(2)10-19(17,18)13(14(15)16)9-12-7-5-4-6-8-12/h4-8,11,13H,3,9-10H2,1-2H3,(H,15,16). The first kappa shape index (κ1) is 15.7. The number of benzene rings is 1. The van der Waals surface area contributed by atoms with Gasteiger partial charge in [-0.15, -0.1) is 0 Å². The van der Waals surface area contributed by atoms with Crippen molar-refractivity contribution >= 4 is 15.8 Å². The summed E-state index contributed by atoms with van der Waals surface area (Å²) in [6.07, 6.45) is 0.742. The third kappa shape index (κ3) is 4.67. The zero-order valence-corrected chi connectivity index (χ0v) is 12.1. The summed E-state index contributed by atoms with van der Waals surface area (Å²) in [6, 6.07) is 8.85. The molecule has 0 spiro atoms. The van der Waals surface area contributed by atoms with Crippen LogP contribution in [0.3, 0.4) is 0 Å². The number of carboxylic acid groups (broad SMARTS) is 1. The average molecular weight is 284 g/mol. The van der Waals surface area contributed by atoms with E-state index in [-0.39, 0.29) is 18.1 Å². The van der Waals surface area contributed by atoms with Crippen molar-refractivity contribution in [2.75, 3.05) is 5.75 Å². The maximum absolute atomic E-state index is 12.2. The van der Waals surface area contributed by atoms with Crippen LogP contribution in [0.15, 0.2) is 30.3 Å². The first-order valence-corrected chi connectivity index (χ1v) is 8.06. The molecule has 4 nitrogen and oxygen atoms in total. The zero-order valence-electron chi connectivity index (χ0n) is 11.2. The van der Waals surface area contributed by atoms with Crippen LogP contribution in [0.5, 0.6) is 0 Å². The summed E-state index contributed by atoms with van der Waals surface area (Å²) in [4.78, 5) is 11.2. The molecular formula is C14H20O4S. The number of aliphatic carboxylic acids is 1. The molecule has 0 aliphatic heterocycles. The molecular weight excluding hydrogens is 264 g/mol. The molecule has 1 aromatic rings. The third-order valence-electron chi connectivity index (χ3n) is 3.19. The lowest BCUT2D eigenvalue weighted by Crippen LogP contribution is -2.35. The number of sulfone groups is 1. The molecule has 0 amide bonds. The van der Waals surface area contributed by atoms with Gasteiger partial charge in [-0.05, 0) is 17.9 Å². The van der Waals surface area contributed by atoms with Crippen molar-refractivity contribution in [1.29, 1.82) is 0 Å². The van der Waals surface area contributed by atoms with Gasteiger partial charge < -0.3 is 5.11 Å². The van der Waals surface area contributed by atoms with Crippen LogP contribution < -0.4 is 0 Å². The van der Waals surface area contributed by atoms with E-state index in [0.717, 1.165) is 12.0 Å². The molecule has 0 saturated carbocycles. The van der Waals surface area contributed by atoms with Gasteiger partial charge in [0.1, 0.15) is 0 Å². The van der Waals surface area contributed by atoms with E-state index in [0.29, 0.717) is 0 Å². The van der Waals surface area contributed by atoms with Crippen molar-refractivity contribution in [3.05, 3.63) is 35.9 Å². The van der Waals surface area contributed by atoms with Crippen LogP contribution in [-0.4, -0.2) is 30.5 Å². The van der Waals surface area contributed by atoms with Crippen LogP contribution in [0.25, 0.3) is 0 Å². The second-order valence-corrected chi connectivity index (χ2v) is 7.09. The first-order chi connectivity index (χ1) is 8.86. The Hall–Kier alpha value is -1.36. The topological polar surface area (TPSA) is 71.4 Å². The molecule has 19 heavy (non-hydrogen) atoms. The Kier molecular flexibility index (Phi) is 5.54. The van der Waals surface area contributed by atoms with E-state index in [1.54, 1.807) is 24.3 Å². The lowest BCUT2D eigenvalue weighted by Gasteiger charge is -2.16. The molecule has 1 rings (SSSR count). The van der Waals surface area contributed by atoms with Gasteiger partial charge in [-0.1, -0.05) is 50.6 Å². The van der Waals surface area contributed by atoms with Gasteiger partial charge in [0.15, 0.2) is 15.1 Å². The van der Waals surface area contributed by atoms with E-state index in [1.165, 1.54) is 0 Å². The van der Waals surface area contributed by atoms with Crippen LogP contribution in [0, 0.1) is 5.92 Å². The number of hydrogen-bond acceptors (Lipinski definition) is 3. The zero-order chi connectivity index (χ0) is 14.5. The van der Waals surface area contributed by atoms with Crippen LogP contribution in [0.4, 0.5) is 0 Å². The summed E-state index contributed by atoms with van der Waals surface area (Å²) in [5.41, 5.74) is 0.725. The first-order valence-electron chi connectivity index (χ1n) is 6.35. The normalized spacial score (nSPS) is 14.8. The molecule has 0 saturated heterocycles. The fourth-order valence-corrected chi connectivity index (χ4v) is 3.84. The monoisotopic (exact) mass is 284 g/mol. The van der Waals surface area contributed by atoms with Gasteiger partial charge in [-0.3, -0.25) is 4.79 Å². The molecule has 0 aliphatic carbocycles. The fraction of sp³-hybridized carbons (Fsp3) is 0.500. The number of hydrogen-bond donors (Lipinski definition) is 1. The Bertz CT molecular complexity index is 508. The van der Waals surface area contributed by atoms with E-state index in [1.807, 2.05) is 19.9 Å². The number of carbonyl (C=O) groups is 1. The van der Waals surface area contributed by atoms with Gasteiger partial charge in [0.05, 0.1) is 5.75 Å². The van der Waals surface area contributed by atoms with Crippen molar-refractivity contribution in [2.24, 2.45) is 5.92 Å². The largest absolute Gasteiger partial charge is 0.480 e. The maximum atomic E-state index is 12.2. The van der Waals surface area contributed by atoms with Gasteiger partial charge in [-0.25, -0.2) is 8.42 Å². The molecule has 2 unspecified atom stereocenters. The Morgan fingerprint density at radius 2 is 1.84 bits per heavy atom. The van der Waals surface area contributed by atoms with Gasteiger partial charge in [-0.2, -0.15) is 0 Å². The van der Waals surface area contributed by atoms with Crippen molar-refractivity contribution in [1.82, 2.24) is 0 Å². The van der Waals surface area contributed by atoms with Crippen LogP contribution in [0.2, 0.25) is 0 Å². The quantitative estimate of drug-likeness (QED) is 0.832. The van der Waals surface area contributed by atoms with E-state index in [2.05, 4.69) is 0 Å². The number of rotatable bonds is 7. The van der Waals surface area contributed by atoms with E-state index in [4.69, 9.17) is 0 Å². The minimum atomic E-state index is -3.63. The molecule has 106 valence electrons. The molecule has 0 radical (unpaired) electrons. The SMILES string of the molecule is CCC(C)CS(=O)(=O)C(Cc1ccccc1)C(=O)O. The second kappa shape index (κ2) is 6.70. The molecule has 5 heteroatoms. The van der Waals surface area contributed by atoms with Gasteiger partial charge in [0, 0.05) is 0 Å². The highest BCUT2D eigenvalue weighted by Crippen LogP contribution is 2.15. The Morgan fingerprint density at radius 3 is 2.32 bits per heavy atom. The number of carboxylic acids is 1. The average Bonchev–Trinajstić information content (AvgIpc) is 2.36. The summed E-state index contributed by atoms with van der Waals surface area (Å²) in [6.45, 7) is 3.71. The van der Waals surface area contributed by atoms with Gasteiger partial charge in [0.25, 0.3) is 0 Å². The highest BCUT2D eigenvalue weighted by atomic mass is 32.2. The minimum absolute atomic E-state index is 0.0228. The molecule has 1 N–H and O–H groups in total. The summed E-state index contributed by atoms with van der Waals surface area (Å²) in [5, 5.41) is 7.82. The predicted octanol–water partition coefficient (Wildman–Crippen LogP) is 2.14. The molecule has 0 heterocycles. The Morgan fingerprint density at radius 1 is 1.26 bits per heavy atom. The lowest BCUT2D eigenvalue weighted by atomic mass is 10.1. The highest BCUT2D eigenvalue weighted by molar-refractivity contribution is 7.92. The van der Waals surface area contributed by atoms with Gasteiger partial charge in [0.2, 0.25) is 0 Å². The summed E-state index contributed by atoms with van der Waals surface area (Å²) >= 11 is 0. The molecule has 0 aliphatic rings. The van der Waals surface area contributed by atoms with Gasteiger partial charge >= 0.3 is 5.97 Å². The van der Waals surface area contributed by atoms with E-state index < -0.39 is 21.1 Å². The predicted molar refractivity (Wildman–Crippen MR) is 74.8 cm³/mol. The molecule has 0 bridgehead atoms. The molecule has 0 aromatic heterocycles. The van der Waals surface area contributed by atoms with E-state index in [9.17, 15) is 18.3 Å². The van der Waals surface area contributed by atoms with Crippen molar-refractivity contribution < 1.29 is 18.3 Å². The summed E-state index contributed by atoms with van der Waals surface area (Å²) in [5.74, 6) is -1.37. The summed E-state index contributed by atoms with van der Waals surface area (Å²) in [7, 11) is -3.63. The van der Waals surface area contributed by atoms with Crippen molar-refractivity contribution in [2.45, 2.75) is 31.9 Å². The fourth-order valence-electron chi connectivity index (χ4n) is 1.83. The molecule has 1 aromatic carbocycles. The van der Waals surface area contributed by atoms with E-state index >= 15 is 0 Å². The lowest BCUT2D eigenvalue weighted by molar-refractivity contribution is -0.136. The molecule has 0 fully saturated rings. The Labute approximate surface area is 114 Å². The highest BCUT2D eigenvalue weighted by Gasteiger charge is 2.33. The van der Waals surface area contributed by atoms with Crippen LogP contribution in [-0.2, 0) is 21.1 Å². The van der Waals surface area contributed by atoms with Crippen molar-refractivity contribution in [3.8, 4) is 0 Å². The summed E-state index contributed by atoms with van der Waals surface area (Å²) < 4.78 is 24.3.